The van der Waals surface area contributed by atoms with Crippen LogP contribution in [0.2, 0.25) is 0 Å². The minimum absolute atomic E-state index is 0.100. The molecule has 0 aliphatic rings. The predicted octanol–water partition coefficient (Wildman–Crippen LogP) is 1.24. The summed E-state index contributed by atoms with van der Waals surface area (Å²) in [5.41, 5.74) is 0.792. The van der Waals surface area contributed by atoms with Crippen molar-refractivity contribution < 1.29 is 9.63 Å². The zero-order valence-electron chi connectivity index (χ0n) is 6.87. The number of aliphatic hydroxyl groups excluding tert-OH is 1. The molecule has 0 aromatic carbocycles. The third-order valence-electron chi connectivity index (χ3n) is 1.58. The smallest absolute Gasteiger partial charge is 0.124 e. The standard InChI is InChI=1S/C8H13NO2/c1-8(2,6-10)5-7-3-4-11-9-7/h3-4,10H,5-6H2,1-2H3. The molecule has 11 heavy (non-hydrogen) atoms. The van der Waals surface area contributed by atoms with Crippen molar-refractivity contribution in [2.24, 2.45) is 5.41 Å². The maximum atomic E-state index is 8.93. The van der Waals surface area contributed by atoms with Gasteiger partial charge in [0, 0.05) is 19.1 Å². The highest BCUT2D eigenvalue weighted by atomic mass is 16.5. The summed E-state index contributed by atoms with van der Waals surface area (Å²) in [5, 5.41) is 12.7. The Morgan fingerprint density at radius 1 is 1.64 bits per heavy atom. The van der Waals surface area contributed by atoms with E-state index >= 15 is 0 Å². The van der Waals surface area contributed by atoms with Gasteiger partial charge in [0.1, 0.15) is 6.26 Å². The van der Waals surface area contributed by atoms with E-state index < -0.39 is 0 Å². The molecule has 0 unspecified atom stereocenters. The number of rotatable bonds is 3. The molecule has 1 aromatic rings. The van der Waals surface area contributed by atoms with Crippen LogP contribution >= 0.6 is 0 Å². The molecular formula is C8H13NO2. The predicted molar refractivity (Wildman–Crippen MR) is 41.1 cm³/mol. The highest BCUT2D eigenvalue weighted by Crippen LogP contribution is 2.19. The second-order valence-electron chi connectivity index (χ2n) is 3.49. The second kappa shape index (κ2) is 3.05. The first-order valence-corrected chi connectivity index (χ1v) is 3.64. The molecule has 1 heterocycles. The minimum Gasteiger partial charge on any atom is -0.396 e. The Balaban J connectivity index is 2.56. The lowest BCUT2D eigenvalue weighted by atomic mass is 9.89. The van der Waals surface area contributed by atoms with E-state index in [1.165, 1.54) is 0 Å². The van der Waals surface area contributed by atoms with Gasteiger partial charge in [-0.15, -0.1) is 0 Å². The Morgan fingerprint density at radius 2 is 2.36 bits per heavy atom. The van der Waals surface area contributed by atoms with Crippen molar-refractivity contribution in [1.29, 1.82) is 0 Å². The maximum absolute atomic E-state index is 8.93. The largest absolute Gasteiger partial charge is 0.396 e. The lowest BCUT2D eigenvalue weighted by Gasteiger charge is -2.19. The monoisotopic (exact) mass is 155 g/mol. The van der Waals surface area contributed by atoms with Crippen LogP contribution in [0.5, 0.6) is 0 Å². The van der Waals surface area contributed by atoms with Crippen molar-refractivity contribution in [3.63, 3.8) is 0 Å². The van der Waals surface area contributed by atoms with E-state index in [1.807, 2.05) is 19.9 Å². The highest BCUT2D eigenvalue weighted by molar-refractivity contribution is 4.98. The summed E-state index contributed by atoms with van der Waals surface area (Å²) in [7, 11) is 0. The molecule has 0 aliphatic heterocycles. The van der Waals surface area contributed by atoms with Gasteiger partial charge in [0.25, 0.3) is 0 Å². The van der Waals surface area contributed by atoms with Crippen LogP contribution in [0.1, 0.15) is 19.5 Å². The molecule has 0 atom stereocenters. The molecule has 1 aromatic heterocycles. The van der Waals surface area contributed by atoms with Gasteiger partial charge in [-0.05, 0) is 5.41 Å². The van der Waals surface area contributed by atoms with Crippen molar-refractivity contribution in [3.05, 3.63) is 18.0 Å². The van der Waals surface area contributed by atoms with E-state index in [0.717, 1.165) is 12.1 Å². The summed E-state index contributed by atoms with van der Waals surface area (Å²) in [5.74, 6) is 0. The molecule has 1 N–H and O–H groups in total. The van der Waals surface area contributed by atoms with Crippen LogP contribution in [-0.4, -0.2) is 16.9 Å². The third-order valence-corrected chi connectivity index (χ3v) is 1.58. The lowest BCUT2D eigenvalue weighted by Crippen LogP contribution is -2.19. The van der Waals surface area contributed by atoms with E-state index in [0.29, 0.717) is 0 Å². The van der Waals surface area contributed by atoms with E-state index in [9.17, 15) is 0 Å². The molecule has 0 saturated carbocycles. The van der Waals surface area contributed by atoms with Crippen LogP contribution in [0.3, 0.4) is 0 Å². The molecule has 0 amide bonds. The highest BCUT2D eigenvalue weighted by Gasteiger charge is 2.18. The molecule has 0 bridgehead atoms. The van der Waals surface area contributed by atoms with Gasteiger partial charge in [0.05, 0.1) is 5.69 Å². The summed E-state index contributed by atoms with van der Waals surface area (Å²) >= 11 is 0. The zero-order chi connectivity index (χ0) is 8.32. The normalized spacial score (nSPS) is 11.9. The van der Waals surface area contributed by atoms with Gasteiger partial charge in [-0.25, -0.2) is 0 Å². The number of hydrogen-bond acceptors (Lipinski definition) is 3. The summed E-state index contributed by atoms with van der Waals surface area (Å²) in [6, 6.07) is 1.82. The van der Waals surface area contributed by atoms with E-state index in [-0.39, 0.29) is 12.0 Å². The van der Waals surface area contributed by atoms with Crippen molar-refractivity contribution in [2.45, 2.75) is 20.3 Å². The molecule has 1 rings (SSSR count). The second-order valence-corrected chi connectivity index (χ2v) is 3.49. The average molecular weight is 155 g/mol. The van der Waals surface area contributed by atoms with Gasteiger partial charge in [0.15, 0.2) is 0 Å². The van der Waals surface area contributed by atoms with Crippen LogP contribution in [0.4, 0.5) is 0 Å². The molecular weight excluding hydrogens is 142 g/mol. The first-order valence-electron chi connectivity index (χ1n) is 3.64. The fourth-order valence-corrected chi connectivity index (χ4v) is 0.875. The maximum Gasteiger partial charge on any atom is 0.124 e. The van der Waals surface area contributed by atoms with Crippen molar-refractivity contribution in [2.75, 3.05) is 6.61 Å². The van der Waals surface area contributed by atoms with E-state index in [2.05, 4.69) is 9.68 Å². The average Bonchev–Trinajstić information content (AvgIpc) is 2.39. The topological polar surface area (TPSA) is 46.3 Å². The van der Waals surface area contributed by atoms with Crippen LogP contribution in [0.25, 0.3) is 0 Å². The van der Waals surface area contributed by atoms with Gasteiger partial charge in [-0.3, -0.25) is 0 Å². The van der Waals surface area contributed by atoms with E-state index in [4.69, 9.17) is 5.11 Å². The molecule has 0 radical (unpaired) electrons. The summed E-state index contributed by atoms with van der Waals surface area (Å²) in [6.45, 7) is 4.14. The Bertz CT molecular complexity index is 204. The number of nitrogens with zero attached hydrogens (tertiary/aromatic N) is 1. The number of hydrogen-bond donors (Lipinski definition) is 1. The summed E-state index contributed by atoms with van der Waals surface area (Å²) < 4.78 is 4.67. The fraction of sp³-hybridized carbons (Fsp3) is 0.625. The van der Waals surface area contributed by atoms with Crippen molar-refractivity contribution >= 4 is 0 Å². The molecule has 0 fully saturated rings. The minimum atomic E-state index is -0.100. The number of aromatic nitrogens is 1. The van der Waals surface area contributed by atoms with Gasteiger partial charge < -0.3 is 9.63 Å². The molecule has 0 spiro atoms. The van der Waals surface area contributed by atoms with E-state index in [1.54, 1.807) is 6.26 Å². The Kier molecular flexibility index (Phi) is 2.29. The Hall–Kier alpha value is -0.830. The fourth-order valence-electron chi connectivity index (χ4n) is 0.875. The van der Waals surface area contributed by atoms with Crippen LogP contribution < -0.4 is 0 Å². The first kappa shape index (κ1) is 8.27. The molecule has 3 heteroatoms. The SMILES string of the molecule is CC(C)(CO)Cc1ccon1. The van der Waals surface area contributed by atoms with Gasteiger partial charge >= 0.3 is 0 Å². The molecule has 0 aliphatic carbocycles. The van der Waals surface area contributed by atoms with Gasteiger partial charge in [0.2, 0.25) is 0 Å². The van der Waals surface area contributed by atoms with Crippen molar-refractivity contribution in [1.82, 2.24) is 5.16 Å². The zero-order valence-corrected chi connectivity index (χ0v) is 6.87. The van der Waals surface area contributed by atoms with Crippen LogP contribution in [0, 0.1) is 5.41 Å². The number of aliphatic hydroxyl groups is 1. The lowest BCUT2D eigenvalue weighted by molar-refractivity contribution is 0.157. The first-order chi connectivity index (χ1) is 5.14. The van der Waals surface area contributed by atoms with Crippen LogP contribution in [-0.2, 0) is 6.42 Å². The third kappa shape index (κ3) is 2.35. The van der Waals surface area contributed by atoms with Crippen LogP contribution in [0.15, 0.2) is 16.9 Å². The van der Waals surface area contributed by atoms with Crippen molar-refractivity contribution in [3.8, 4) is 0 Å². The molecule has 3 nitrogen and oxygen atoms in total. The van der Waals surface area contributed by atoms with Gasteiger partial charge in [-0.1, -0.05) is 19.0 Å². The molecule has 62 valence electrons. The summed E-state index contributed by atoms with van der Waals surface area (Å²) in [4.78, 5) is 0. The summed E-state index contributed by atoms with van der Waals surface area (Å²) in [6.07, 6.45) is 2.29. The quantitative estimate of drug-likeness (QED) is 0.714. The Labute approximate surface area is 66.0 Å². The van der Waals surface area contributed by atoms with Gasteiger partial charge in [-0.2, -0.15) is 0 Å². The molecule has 0 saturated heterocycles. The Morgan fingerprint density at radius 3 is 2.82 bits per heavy atom.